The SMILES string of the molecule is FC(F)(F)c1ccn(C2CCNCC2)n1. The highest BCUT2D eigenvalue weighted by molar-refractivity contribution is 5.04. The Bertz CT molecular complexity index is 326. The highest BCUT2D eigenvalue weighted by atomic mass is 19.4. The molecule has 0 unspecified atom stereocenters. The summed E-state index contributed by atoms with van der Waals surface area (Å²) < 4.78 is 38.3. The molecular formula is C9H12F3N3. The third-order valence-electron chi connectivity index (χ3n) is 2.58. The average molecular weight is 219 g/mol. The molecule has 0 amide bonds. The Morgan fingerprint density at radius 1 is 1.33 bits per heavy atom. The number of rotatable bonds is 1. The molecule has 6 heteroatoms. The minimum atomic E-state index is -4.34. The van der Waals surface area contributed by atoms with E-state index in [0.717, 1.165) is 32.0 Å². The lowest BCUT2D eigenvalue weighted by Crippen LogP contribution is -2.29. The monoisotopic (exact) mass is 219 g/mol. The topological polar surface area (TPSA) is 29.9 Å². The van der Waals surface area contributed by atoms with Crippen LogP contribution in [0.4, 0.5) is 13.2 Å². The van der Waals surface area contributed by atoms with Gasteiger partial charge in [-0.15, -0.1) is 0 Å². The van der Waals surface area contributed by atoms with Crippen molar-refractivity contribution in [1.82, 2.24) is 15.1 Å². The highest BCUT2D eigenvalue weighted by Gasteiger charge is 2.34. The molecule has 84 valence electrons. The van der Waals surface area contributed by atoms with Gasteiger partial charge in [0.2, 0.25) is 0 Å². The summed E-state index contributed by atoms with van der Waals surface area (Å²) in [4.78, 5) is 0. The van der Waals surface area contributed by atoms with Crippen LogP contribution in [0.25, 0.3) is 0 Å². The van der Waals surface area contributed by atoms with Gasteiger partial charge in [-0.3, -0.25) is 4.68 Å². The summed E-state index contributed by atoms with van der Waals surface area (Å²) in [6.07, 6.45) is -1.26. The Balaban J connectivity index is 2.12. The van der Waals surface area contributed by atoms with Gasteiger partial charge in [0.25, 0.3) is 0 Å². The second kappa shape index (κ2) is 3.84. The Labute approximate surface area is 85.3 Å². The summed E-state index contributed by atoms with van der Waals surface area (Å²) in [5.41, 5.74) is -0.805. The first-order chi connectivity index (χ1) is 7.07. The second-order valence-corrected chi connectivity index (χ2v) is 3.66. The number of halogens is 3. The molecule has 2 heterocycles. The molecule has 0 aromatic carbocycles. The normalized spacial score (nSPS) is 19.4. The molecular weight excluding hydrogens is 207 g/mol. The molecule has 1 aliphatic rings. The van der Waals surface area contributed by atoms with Crippen LogP contribution in [0.2, 0.25) is 0 Å². The van der Waals surface area contributed by atoms with Crippen LogP contribution in [0, 0.1) is 0 Å². The molecule has 1 aromatic rings. The van der Waals surface area contributed by atoms with Gasteiger partial charge in [-0.1, -0.05) is 0 Å². The van der Waals surface area contributed by atoms with Gasteiger partial charge in [0, 0.05) is 6.20 Å². The van der Waals surface area contributed by atoms with Crippen molar-refractivity contribution in [1.29, 1.82) is 0 Å². The molecule has 0 saturated carbocycles. The minimum absolute atomic E-state index is 0.0994. The Kier molecular flexibility index (Phi) is 2.68. The van der Waals surface area contributed by atoms with E-state index in [-0.39, 0.29) is 6.04 Å². The van der Waals surface area contributed by atoms with Gasteiger partial charge in [-0.05, 0) is 32.0 Å². The second-order valence-electron chi connectivity index (χ2n) is 3.66. The summed E-state index contributed by atoms with van der Waals surface area (Å²) in [5, 5.41) is 6.73. The van der Waals surface area contributed by atoms with Gasteiger partial charge in [0.05, 0.1) is 6.04 Å². The maximum atomic E-state index is 12.3. The Hall–Kier alpha value is -1.04. The van der Waals surface area contributed by atoms with E-state index in [1.54, 1.807) is 0 Å². The molecule has 0 bridgehead atoms. The third-order valence-corrected chi connectivity index (χ3v) is 2.58. The molecule has 15 heavy (non-hydrogen) atoms. The van der Waals surface area contributed by atoms with Crippen LogP contribution in [0.1, 0.15) is 24.6 Å². The van der Waals surface area contributed by atoms with E-state index in [9.17, 15) is 13.2 Å². The van der Waals surface area contributed by atoms with Gasteiger partial charge in [0.1, 0.15) is 0 Å². The van der Waals surface area contributed by atoms with Crippen molar-refractivity contribution in [2.75, 3.05) is 13.1 Å². The standard InChI is InChI=1S/C9H12F3N3/c10-9(11,12)8-3-6-15(14-8)7-1-4-13-5-2-7/h3,6-7,13H,1-2,4-5H2. The fourth-order valence-electron chi connectivity index (χ4n) is 1.76. The number of piperidine rings is 1. The zero-order valence-corrected chi connectivity index (χ0v) is 8.09. The van der Waals surface area contributed by atoms with Crippen LogP contribution >= 0.6 is 0 Å². The van der Waals surface area contributed by atoms with Gasteiger partial charge in [-0.2, -0.15) is 18.3 Å². The third kappa shape index (κ3) is 2.31. The number of nitrogens with one attached hydrogen (secondary N) is 1. The van der Waals surface area contributed by atoms with Crippen LogP contribution < -0.4 is 5.32 Å². The zero-order chi connectivity index (χ0) is 10.9. The molecule has 1 N–H and O–H groups in total. The molecule has 1 fully saturated rings. The lowest BCUT2D eigenvalue weighted by atomic mass is 10.1. The molecule has 3 nitrogen and oxygen atoms in total. The first-order valence-electron chi connectivity index (χ1n) is 4.90. The van der Waals surface area contributed by atoms with Gasteiger partial charge < -0.3 is 5.32 Å². The van der Waals surface area contributed by atoms with Crippen LogP contribution in [0.5, 0.6) is 0 Å². The summed E-state index contributed by atoms with van der Waals surface area (Å²) in [7, 11) is 0. The summed E-state index contributed by atoms with van der Waals surface area (Å²) in [6.45, 7) is 1.68. The van der Waals surface area contributed by atoms with Crippen LogP contribution in [0.15, 0.2) is 12.3 Å². The molecule has 0 spiro atoms. The van der Waals surface area contributed by atoms with Crippen molar-refractivity contribution in [3.8, 4) is 0 Å². The summed E-state index contributed by atoms with van der Waals surface area (Å²) in [5.74, 6) is 0. The molecule has 1 saturated heterocycles. The van der Waals surface area contributed by atoms with Crippen molar-refractivity contribution in [2.45, 2.75) is 25.1 Å². The molecule has 1 aromatic heterocycles. The largest absolute Gasteiger partial charge is 0.435 e. The fraction of sp³-hybridized carbons (Fsp3) is 0.667. The quantitative estimate of drug-likeness (QED) is 0.780. The van der Waals surface area contributed by atoms with Crippen molar-refractivity contribution in [2.24, 2.45) is 0 Å². The predicted molar refractivity (Wildman–Crippen MR) is 48.4 cm³/mol. The highest BCUT2D eigenvalue weighted by Crippen LogP contribution is 2.28. The fourth-order valence-corrected chi connectivity index (χ4v) is 1.76. The smallest absolute Gasteiger partial charge is 0.317 e. The van der Waals surface area contributed by atoms with E-state index in [4.69, 9.17) is 0 Å². The molecule has 0 atom stereocenters. The molecule has 1 aliphatic heterocycles. The molecule has 0 radical (unpaired) electrons. The first kappa shape index (κ1) is 10.5. The molecule has 2 rings (SSSR count). The summed E-state index contributed by atoms with van der Waals surface area (Å²) in [6, 6.07) is 1.13. The number of hydrogen-bond donors (Lipinski definition) is 1. The van der Waals surface area contributed by atoms with Gasteiger partial charge in [-0.25, -0.2) is 0 Å². The number of aromatic nitrogens is 2. The first-order valence-corrected chi connectivity index (χ1v) is 4.90. The zero-order valence-electron chi connectivity index (χ0n) is 8.09. The minimum Gasteiger partial charge on any atom is -0.317 e. The maximum Gasteiger partial charge on any atom is 0.435 e. The number of alkyl halides is 3. The Morgan fingerprint density at radius 2 is 2.00 bits per heavy atom. The van der Waals surface area contributed by atoms with Crippen molar-refractivity contribution >= 4 is 0 Å². The van der Waals surface area contributed by atoms with Crippen molar-refractivity contribution < 1.29 is 13.2 Å². The molecule has 0 aliphatic carbocycles. The van der Waals surface area contributed by atoms with E-state index in [1.165, 1.54) is 10.9 Å². The average Bonchev–Trinajstić information content (AvgIpc) is 2.67. The van der Waals surface area contributed by atoms with Crippen molar-refractivity contribution in [3.63, 3.8) is 0 Å². The van der Waals surface area contributed by atoms with E-state index in [1.807, 2.05) is 0 Å². The van der Waals surface area contributed by atoms with Crippen LogP contribution in [0.3, 0.4) is 0 Å². The van der Waals surface area contributed by atoms with Gasteiger partial charge in [0.15, 0.2) is 5.69 Å². The van der Waals surface area contributed by atoms with E-state index < -0.39 is 11.9 Å². The van der Waals surface area contributed by atoms with Crippen LogP contribution in [-0.2, 0) is 6.18 Å². The van der Waals surface area contributed by atoms with E-state index in [2.05, 4.69) is 10.4 Å². The van der Waals surface area contributed by atoms with E-state index >= 15 is 0 Å². The predicted octanol–water partition coefficient (Wildman–Crippen LogP) is 1.83. The Morgan fingerprint density at radius 3 is 2.53 bits per heavy atom. The lowest BCUT2D eigenvalue weighted by molar-refractivity contribution is -0.141. The lowest BCUT2D eigenvalue weighted by Gasteiger charge is -2.22. The number of hydrogen-bond acceptors (Lipinski definition) is 2. The van der Waals surface area contributed by atoms with Crippen LogP contribution in [-0.4, -0.2) is 22.9 Å². The van der Waals surface area contributed by atoms with Gasteiger partial charge >= 0.3 is 6.18 Å². The summed E-state index contributed by atoms with van der Waals surface area (Å²) >= 11 is 0. The van der Waals surface area contributed by atoms with E-state index in [0.29, 0.717) is 0 Å². The van der Waals surface area contributed by atoms with Crippen molar-refractivity contribution in [3.05, 3.63) is 18.0 Å². The number of nitrogens with zero attached hydrogens (tertiary/aromatic N) is 2. The maximum absolute atomic E-state index is 12.3.